The molecule has 1 atom stereocenters. The molecule has 82 valence electrons. The fourth-order valence-electron chi connectivity index (χ4n) is 1.36. The van der Waals surface area contributed by atoms with Crippen molar-refractivity contribution in [2.75, 3.05) is 0 Å². The minimum absolute atomic E-state index is 0.0451. The molecular formula is C10H15N3OS. The highest BCUT2D eigenvalue weighted by atomic mass is 32.1. The first-order valence-corrected chi connectivity index (χ1v) is 6.14. The third kappa shape index (κ3) is 2.92. The van der Waals surface area contributed by atoms with E-state index in [1.807, 2.05) is 12.3 Å². The Kier molecular flexibility index (Phi) is 3.20. The number of hydrogen-bond acceptors (Lipinski definition) is 3. The van der Waals surface area contributed by atoms with Crippen LogP contribution < -0.4 is 10.6 Å². The van der Waals surface area contributed by atoms with Crippen LogP contribution in [0, 0.1) is 0 Å². The van der Waals surface area contributed by atoms with E-state index in [4.69, 9.17) is 0 Å². The van der Waals surface area contributed by atoms with Crippen molar-refractivity contribution in [1.29, 1.82) is 0 Å². The number of amides is 2. The van der Waals surface area contributed by atoms with Crippen molar-refractivity contribution in [2.45, 2.75) is 38.3 Å². The van der Waals surface area contributed by atoms with Gasteiger partial charge in [-0.2, -0.15) is 0 Å². The van der Waals surface area contributed by atoms with Gasteiger partial charge in [-0.15, -0.1) is 11.3 Å². The molecule has 1 aromatic heterocycles. The lowest BCUT2D eigenvalue weighted by Crippen LogP contribution is -2.38. The number of nitrogens with one attached hydrogen (secondary N) is 2. The van der Waals surface area contributed by atoms with Gasteiger partial charge in [-0.1, -0.05) is 6.92 Å². The van der Waals surface area contributed by atoms with E-state index < -0.39 is 0 Å². The summed E-state index contributed by atoms with van der Waals surface area (Å²) in [6, 6.07) is 0.377. The molecule has 2 amide bonds. The Labute approximate surface area is 93.1 Å². The van der Waals surface area contributed by atoms with Crippen molar-refractivity contribution in [3.05, 3.63) is 16.6 Å². The first kappa shape index (κ1) is 10.4. The molecular weight excluding hydrogens is 210 g/mol. The van der Waals surface area contributed by atoms with Gasteiger partial charge in [-0.05, 0) is 19.3 Å². The first-order valence-electron chi connectivity index (χ1n) is 5.26. The summed E-state index contributed by atoms with van der Waals surface area (Å²) in [5, 5.41) is 8.75. The lowest BCUT2D eigenvalue weighted by molar-refractivity contribution is 0.236. The van der Waals surface area contributed by atoms with Gasteiger partial charge in [0.2, 0.25) is 0 Å². The Morgan fingerprint density at radius 3 is 3.07 bits per heavy atom. The van der Waals surface area contributed by atoms with E-state index in [2.05, 4.69) is 15.6 Å². The van der Waals surface area contributed by atoms with Gasteiger partial charge >= 0.3 is 6.03 Å². The highest BCUT2D eigenvalue weighted by Crippen LogP contribution is 2.20. The molecule has 1 saturated carbocycles. The molecule has 4 nitrogen and oxygen atoms in total. The summed E-state index contributed by atoms with van der Waals surface area (Å²) >= 11 is 1.58. The number of carbonyl (C=O) groups excluding carboxylic acids is 1. The second kappa shape index (κ2) is 4.61. The third-order valence-electron chi connectivity index (χ3n) is 2.38. The third-order valence-corrected chi connectivity index (χ3v) is 3.26. The molecule has 1 fully saturated rings. The van der Waals surface area contributed by atoms with Crippen LogP contribution in [0.15, 0.2) is 11.6 Å². The standard InChI is InChI=1S/C10H15N3OS/c1-2-8(9-11-5-6-15-9)13-10(14)12-7-3-4-7/h5-8H,2-4H2,1H3,(H2,12,13,14). The molecule has 0 bridgehead atoms. The van der Waals surface area contributed by atoms with Gasteiger partial charge in [0.05, 0.1) is 6.04 Å². The van der Waals surface area contributed by atoms with Crippen LogP contribution in [0.25, 0.3) is 0 Å². The number of rotatable bonds is 4. The summed E-state index contributed by atoms with van der Waals surface area (Å²) in [5.74, 6) is 0. The molecule has 15 heavy (non-hydrogen) atoms. The fraction of sp³-hybridized carbons (Fsp3) is 0.600. The van der Waals surface area contributed by atoms with Gasteiger partial charge < -0.3 is 10.6 Å². The van der Waals surface area contributed by atoms with E-state index in [9.17, 15) is 4.79 Å². The smallest absolute Gasteiger partial charge is 0.315 e. The Balaban J connectivity index is 1.87. The second-order valence-electron chi connectivity index (χ2n) is 3.72. The van der Waals surface area contributed by atoms with Crippen molar-refractivity contribution >= 4 is 17.4 Å². The fourth-order valence-corrected chi connectivity index (χ4v) is 2.13. The molecule has 1 aliphatic rings. The zero-order chi connectivity index (χ0) is 10.7. The highest BCUT2D eigenvalue weighted by molar-refractivity contribution is 7.09. The predicted molar refractivity (Wildman–Crippen MR) is 59.8 cm³/mol. The van der Waals surface area contributed by atoms with E-state index in [0.717, 1.165) is 24.3 Å². The molecule has 2 N–H and O–H groups in total. The minimum Gasteiger partial charge on any atom is -0.335 e. The number of nitrogens with zero attached hydrogens (tertiary/aromatic N) is 1. The van der Waals surface area contributed by atoms with E-state index in [0.29, 0.717) is 6.04 Å². The maximum atomic E-state index is 11.5. The van der Waals surface area contributed by atoms with Crippen molar-refractivity contribution in [3.8, 4) is 0 Å². The molecule has 0 spiro atoms. The van der Waals surface area contributed by atoms with Gasteiger partial charge in [0.25, 0.3) is 0 Å². The number of carbonyl (C=O) groups is 1. The number of aromatic nitrogens is 1. The molecule has 0 aliphatic heterocycles. The molecule has 1 unspecified atom stereocenters. The van der Waals surface area contributed by atoms with Crippen LogP contribution in [0.2, 0.25) is 0 Å². The zero-order valence-electron chi connectivity index (χ0n) is 8.69. The number of urea groups is 1. The lowest BCUT2D eigenvalue weighted by Gasteiger charge is -2.14. The summed E-state index contributed by atoms with van der Waals surface area (Å²) in [4.78, 5) is 15.7. The Morgan fingerprint density at radius 2 is 2.53 bits per heavy atom. The topological polar surface area (TPSA) is 54.0 Å². The Morgan fingerprint density at radius 1 is 1.73 bits per heavy atom. The van der Waals surface area contributed by atoms with Crippen LogP contribution in [0.4, 0.5) is 4.79 Å². The molecule has 2 rings (SSSR count). The molecule has 1 aromatic rings. The highest BCUT2D eigenvalue weighted by Gasteiger charge is 2.24. The molecule has 1 heterocycles. The Bertz CT molecular complexity index is 321. The summed E-state index contributed by atoms with van der Waals surface area (Å²) < 4.78 is 0. The lowest BCUT2D eigenvalue weighted by atomic mass is 10.2. The Hall–Kier alpha value is -1.10. The van der Waals surface area contributed by atoms with Crippen LogP contribution in [0.3, 0.4) is 0 Å². The van der Waals surface area contributed by atoms with Gasteiger partial charge in [0.1, 0.15) is 5.01 Å². The summed E-state index contributed by atoms with van der Waals surface area (Å²) in [7, 11) is 0. The molecule has 5 heteroatoms. The number of thiazole rings is 1. The SMILES string of the molecule is CCC(NC(=O)NC1CC1)c1nccs1. The van der Waals surface area contributed by atoms with Crippen LogP contribution in [0.1, 0.15) is 37.2 Å². The van der Waals surface area contributed by atoms with Crippen LogP contribution >= 0.6 is 11.3 Å². The summed E-state index contributed by atoms with van der Waals surface area (Å²) in [6.45, 7) is 2.05. The average Bonchev–Trinajstić information content (AvgIpc) is 2.86. The largest absolute Gasteiger partial charge is 0.335 e. The maximum absolute atomic E-state index is 11.5. The van der Waals surface area contributed by atoms with Gasteiger partial charge in [-0.25, -0.2) is 9.78 Å². The van der Waals surface area contributed by atoms with Crippen LogP contribution in [0.5, 0.6) is 0 Å². The van der Waals surface area contributed by atoms with E-state index in [1.165, 1.54) is 0 Å². The van der Waals surface area contributed by atoms with Crippen molar-refractivity contribution in [1.82, 2.24) is 15.6 Å². The van der Waals surface area contributed by atoms with Crippen molar-refractivity contribution in [3.63, 3.8) is 0 Å². The van der Waals surface area contributed by atoms with Crippen LogP contribution in [-0.4, -0.2) is 17.1 Å². The van der Waals surface area contributed by atoms with Gasteiger partial charge in [-0.3, -0.25) is 0 Å². The summed E-state index contributed by atoms with van der Waals surface area (Å²) in [5.41, 5.74) is 0. The monoisotopic (exact) mass is 225 g/mol. The normalized spacial score (nSPS) is 17.1. The van der Waals surface area contributed by atoms with Crippen molar-refractivity contribution < 1.29 is 4.79 Å². The van der Waals surface area contributed by atoms with Crippen LogP contribution in [-0.2, 0) is 0 Å². The number of hydrogen-bond donors (Lipinski definition) is 2. The first-order chi connectivity index (χ1) is 7.29. The second-order valence-corrected chi connectivity index (χ2v) is 4.65. The van der Waals surface area contributed by atoms with E-state index in [-0.39, 0.29) is 12.1 Å². The zero-order valence-corrected chi connectivity index (χ0v) is 9.51. The van der Waals surface area contributed by atoms with Gasteiger partial charge in [0, 0.05) is 17.6 Å². The molecule has 0 saturated heterocycles. The average molecular weight is 225 g/mol. The predicted octanol–water partition coefficient (Wildman–Crippen LogP) is 2.06. The van der Waals surface area contributed by atoms with E-state index in [1.54, 1.807) is 17.5 Å². The summed E-state index contributed by atoms with van der Waals surface area (Å²) in [6.07, 6.45) is 4.86. The quantitative estimate of drug-likeness (QED) is 0.824. The maximum Gasteiger partial charge on any atom is 0.315 e. The van der Waals surface area contributed by atoms with Crippen molar-refractivity contribution in [2.24, 2.45) is 0 Å². The molecule has 1 aliphatic carbocycles. The molecule has 0 radical (unpaired) electrons. The van der Waals surface area contributed by atoms with E-state index >= 15 is 0 Å². The molecule has 0 aromatic carbocycles. The minimum atomic E-state index is -0.0699. The van der Waals surface area contributed by atoms with Gasteiger partial charge in [0.15, 0.2) is 0 Å².